The van der Waals surface area contributed by atoms with Gasteiger partial charge in [0.15, 0.2) is 0 Å². The van der Waals surface area contributed by atoms with E-state index in [4.69, 9.17) is 26.6 Å². The molecule has 1 aliphatic rings. The Morgan fingerprint density at radius 2 is 1.82 bits per heavy atom. The van der Waals surface area contributed by atoms with Gasteiger partial charge in [0.2, 0.25) is 0 Å². The molecule has 1 aliphatic heterocycles. The van der Waals surface area contributed by atoms with Gasteiger partial charge in [0.1, 0.15) is 12.4 Å². The summed E-state index contributed by atoms with van der Waals surface area (Å²) in [5.41, 5.74) is 8.02. The van der Waals surface area contributed by atoms with Gasteiger partial charge in [-0.25, -0.2) is 0 Å². The third-order valence-corrected chi connectivity index (χ3v) is 8.57. The second kappa shape index (κ2) is 11.3. The Bertz CT molecular complexity index is 1130. The van der Waals surface area contributed by atoms with E-state index in [1.54, 1.807) is 11.8 Å². The summed E-state index contributed by atoms with van der Waals surface area (Å²) in [7, 11) is -3.43. The quantitative estimate of drug-likeness (QED) is 0.307. The molecule has 1 heterocycles. The number of aryl methyl sites for hydroxylation is 1. The van der Waals surface area contributed by atoms with Crippen LogP contribution >= 0.6 is 31.0 Å². The fraction of sp³-hybridized carbons (Fsp3) is 0.308. The third-order valence-electron chi connectivity index (χ3n) is 5.90. The first-order chi connectivity index (χ1) is 16.3. The van der Waals surface area contributed by atoms with Crippen LogP contribution in [0.2, 0.25) is 5.02 Å². The summed E-state index contributed by atoms with van der Waals surface area (Å²) in [6.45, 7) is 0.672. The summed E-state index contributed by atoms with van der Waals surface area (Å²) >= 11 is 8.21. The van der Waals surface area contributed by atoms with E-state index in [-0.39, 0.29) is 12.8 Å². The van der Waals surface area contributed by atoms with Crippen molar-refractivity contribution in [3.05, 3.63) is 88.9 Å². The van der Waals surface area contributed by atoms with Crippen molar-refractivity contribution in [3.63, 3.8) is 0 Å². The van der Waals surface area contributed by atoms with Crippen LogP contribution in [0.1, 0.15) is 30.4 Å². The van der Waals surface area contributed by atoms with Crippen LogP contribution in [-0.4, -0.2) is 23.2 Å². The smallest absolute Gasteiger partial charge is 0.328 e. The SMILES string of the molecule is NC1(CCCc2ccc(Sc3ccc(OCc4ccccc4)cc3)cc2Cl)CCP(=O)(O)OC1. The average Bonchev–Trinajstić information content (AvgIpc) is 2.83. The van der Waals surface area contributed by atoms with Gasteiger partial charge in [-0.2, -0.15) is 0 Å². The molecular formula is C26H29ClNO4PS. The van der Waals surface area contributed by atoms with Crippen LogP contribution in [0.3, 0.4) is 0 Å². The van der Waals surface area contributed by atoms with Gasteiger partial charge in [0.05, 0.1) is 12.8 Å². The highest BCUT2D eigenvalue weighted by Gasteiger charge is 2.37. The number of hydrogen-bond donors (Lipinski definition) is 2. The van der Waals surface area contributed by atoms with Crippen molar-refractivity contribution < 1.29 is 18.7 Å². The third kappa shape index (κ3) is 7.35. The first-order valence-electron chi connectivity index (χ1n) is 11.3. The maximum atomic E-state index is 11.6. The Kier molecular flexibility index (Phi) is 8.41. The minimum Gasteiger partial charge on any atom is -0.489 e. The first-order valence-corrected chi connectivity index (χ1v) is 14.2. The van der Waals surface area contributed by atoms with Gasteiger partial charge in [-0.3, -0.25) is 4.57 Å². The fourth-order valence-electron chi connectivity index (χ4n) is 3.83. The molecule has 34 heavy (non-hydrogen) atoms. The number of benzene rings is 3. The van der Waals surface area contributed by atoms with E-state index in [9.17, 15) is 9.46 Å². The highest BCUT2D eigenvalue weighted by atomic mass is 35.5. The summed E-state index contributed by atoms with van der Waals surface area (Å²) < 4.78 is 22.5. The molecule has 0 spiro atoms. The Balaban J connectivity index is 1.26. The number of hydrogen-bond acceptors (Lipinski definition) is 5. The number of nitrogens with two attached hydrogens (primary N) is 1. The molecule has 0 amide bonds. The molecule has 2 atom stereocenters. The van der Waals surface area contributed by atoms with Gasteiger partial charge in [0, 0.05) is 20.4 Å². The van der Waals surface area contributed by atoms with Crippen LogP contribution in [0.25, 0.3) is 0 Å². The van der Waals surface area contributed by atoms with E-state index in [2.05, 4.69) is 12.1 Å². The van der Waals surface area contributed by atoms with Gasteiger partial charge in [-0.1, -0.05) is 59.8 Å². The molecule has 4 rings (SSSR count). The number of ether oxygens (including phenoxy) is 1. The second-order valence-corrected chi connectivity index (χ2v) is 12.2. The molecule has 1 saturated heterocycles. The molecule has 0 radical (unpaired) electrons. The minimum absolute atomic E-state index is 0.121. The zero-order valence-electron chi connectivity index (χ0n) is 18.9. The average molecular weight is 518 g/mol. The van der Waals surface area contributed by atoms with Crippen LogP contribution in [0.4, 0.5) is 0 Å². The minimum atomic E-state index is -3.43. The molecule has 0 aromatic heterocycles. The van der Waals surface area contributed by atoms with Crippen molar-refractivity contribution in [1.82, 2.24) is 0 Å². The summed E-state index contributed by atoms with van der Waals surface area (Å²) in [4.78, 5) is 11.7. The van der Waals surface area contributed by atoms with Crippen molar-refractivity contribution in [3.8, 4) is 5.75 Å². The van der Waals surface area contributed by atoms with E-state index in [0.29, 0.717) is 13.0 Å². The van der Waals surface area contributed by atoms with Crippen LogP contribution in [0.5, 0.6) is 5.75 Å². The lowest BCUT2D eigenvalue weighted by Crippen LogP contribution is -2.47. The lowest BCUT2D eigenvalue weighted by Gasteiger charge is -2.35. The topological polar surface area (TPSA) is 81.8 Å². The fourth-order valence-corrected chi connectivity index (χ4v) is 6.35. The Morgan fingerprint density at radius 3 is 2.50 bits per heavy atom. The van der Waals surface area contributed by atoms with Crippen molar-refractivity contribution in [1.29, 1.82) is 0 Å². The molecule has 1 fully saturated rings. The first kappa shape index (κ1) is 25.3. The summed E-state index contributed by atoms with van der Waals surface area (Å²) in [6.07, 6.45) is 2.98. The highest BCUT2D eigenvalue weighted by Crippen LogP contribution is 2.48. The largest absolute Gasteiger partial charge is 0.489 e. The Hall–Kier alpha value is -1.79. The van der Waals surface area contributed by atoms with Crippen molar-refractivity contribution in [2.24, 2.45) is 5.73 Å². The molecule has 5 nitrogen and oxygen atoms in total. The number of rotatable bonds is 9. The number of halogens is 1. The molecule has 3 aromatic carbocycles. The monoisotopic (exact) mass is 517 g/mol. The molecule has 180 valence electrons. The Labute approximate surface area is 210 Å². The second-order valence-electron chi connectivity index (χ2n) is 8.70. The van der Waals surface area contributed by atoms with Gasteiger partial charge in [-0.05, 0) is 73.2 Å². The van der Waals surface area contributed by atoms with E-state index in [1.807, 2.05) is 60.7 Å². The lowest BCUT2D eigenvalue weighted by molar-refractivity contribution is 0.153. The molecule has 3 N–H and O–H groups in total. The van der Waals surface area contributed by atoms with E-state index >= 15 is 0 Å². The van der Waals surface area contributed by atoms with Gasteiger partial charge < -0.3 is 19.9 Å². The predicted molar refractivity (Wildman–Crippen MR) is 138 cm³/mol. The van der Waals surface area contributed by atoms with Crippen LogP contribution in [-0.2, 0) is 22.1 Å². The van der Waals surface area contributed by atoms with E-state index < -0.39 is 13.1 Å². The molecule has 2 unspecified atom stereocenters. The van der Waals surface area contributed by atoms with Crippen LogP contribution < -0.4 is 10.5 Å². The van der Waals surface area contributed by atoms with E-state index in [1.165, 1.54) is 0 Å². The van der Waals surface area contributed by atoms with Crippen LogP contribution in [0, 0.1) is 0 Å². The summed E-state index contributed by atoms with van der Waals surface area (Å²) in [5, 5.41) is 0.735. The normalized spacial score (nSPS) is 22.4. The predicted octanol–water partition coefficient (Wildman–Crippen LogP) is 6.70. The van der Waals surface area contributed by atoms with Crippen molar-refractivity contribution in [2.45, 2.75) is 47.6 Å². The summed E-state index contributed by atoms with van der Waals surface area (Å²) in [5.74, 6) is 0.837. The van der Waals surface area contributed by atoms with Gasteiger partial charge in [0.25, 0.3) is 0 Å². The molecule has 3 aromatic rings. The van der Waals surface area contributed by atoms with Crippen molar-refractivity contribution >= 4 is 31.0 Å². The standard InChI is InChI=1S/C26H29ClNO4PS/c27-25-17-24(11-8-21(25)7-4-14-26(28)15-16-33(29,30)32-19-26)34-23-12-9-22(10-13-23)31-18-20-5-2-1-3-6-20/h1-3,5-6,8-13,17H,4,7,14-16,18-19,28H2,(H,29,30). The molecule has 0 bridgehead atoms. The van der Waals surface area contributed by atoms with Crippen molar-refractivity contribution in [2.75, 3.05) is 12.8 Å². The Morgan fingerprint density at radius 1 is 1.09 bits per heavy atom. The zero-order valence-corrected chi connectivity index (χ0v) is 21.3. The maximum absolute atomic E-state index is 11.6. The molecule has 0 aliphatic carbocycles. The zero-order chi connectivity index (χ0) is 24.0. The molecular weight excluding hydrogens is 489 g/mol. The molecule has 8 heteroatoms. The van der Waals surface area contributed by atoms with Crippen LogP contribution in [0.15, 0.2) is 82.6 Å². The maximum Gasteiger partial charge on any atom is 0.328 e. The molecule has 0 saturated carbocycles. The van der Waals surface area contributed by atoms with Gasteiger partial charge in [-0.15, -0.1) is 0 Å². The van der Waals surface area contributed by atoms with Gasteiger partial charge >= 0.3 is 7.60 Å². The highest BCUT2D eigenvalue weighted by molar-refractivity contribution is 7.99. The van der Waals surface area contributed by atoms with E-state index in [0.717, 1.165) is 51.0 Å². The summed E-state index contributed by atoms with van der Waals surface area (Å²) in [6, 6.07) is 24.3. The lowest BCUT2D eigenvalue weighted by atomic mass is 9.90.